The Bertz CT molecular complexity index is 816. The number of pyridine rings is 1. The van der Waals surface area contributed by atoms with Gasteiger partial charge in [-0.2, -0.15) is 0 Å². The molecule has 2 amide bonds. The summed E-state index contributed by atoms with van der Waals surface area (Å²) in [5.74, 6) is -1.46. The number of nitrogens with zero attached hydrogens (tertiary/aromatic N) is 2. The maximum atomic E-state index is 13.2. The normalized spacial score (nSPS) is 18.3. The van der Waals surface area contributed by atoms with Crippen LogP contribution in [-0.2, 0) is 16.0 Å². The van der Waals surface area contributed by atoms with Gasteiger partial charge in [-0.25, -0.2) is 4.39 Å². The van der Waals surface area contributed by atoms with Gasteiger partial charge in [0.1, 0.15) is 5.82 Å². The predicted molar refractivity (Wildman–Crippen MR) is 97.2 cm³/mol. The van der Waals surface area contributed by atoms with Gasteiger partial charge in [-0.3, -0.25) is 14.6 Å². The number of hydrogen-bond acceptors (Lipinski definition) is 3. The van der Waals surface area contributed by atoms with E-state index >= 15 is 0 Å². The number of carbonyl (C=O) groups excluding carboxylic acids is 2. The van der Waals surface area contributed by atoms with Gasteiger partial charge in [0.2, 0.25) is 11.8 Å². The van der Waals surface area contributed by atoms with E-state index in [9.17, 15) is 14.0 Å². The van der Waals surface area contributed by atoms with Crippen LogP contribution in [0.3, 0.4) is 0 Å². The second-order valence-corrected chi connectivity index (χ2v) is 6.84. The average Bonchev–Trinajstić information content (AvgIpc) is 3.44. The summed E-state index contributed by atoms with van der Waals surface area (Å²) in [5.41, 5.74) is 1.53. The molecule has 5 nitrogen and oxygen atoms in total. The molecule has 1 saturated carbocycles. The number of nitrogens with one attached hydrogen (secondary N) is 1. The van der Waals surface area contributed by atoms with Crippen LogP contribution in [0.2, 0.25) is 5.02 Å². The Kier molecular flexibility index (Phi) is 5.52. The van der Waals surface area contributed by atoms with Crippen LogP contribution in [0.4, 0.5) is 10.1 Å². The third-order valence-electron chi connectivity index (χ3n) is 4.49. The number of halogens is 2. The Hall–Kier alpha value is -2.47. The number of likely N-dealkylation sites (N-methyl/N-ethyl adjacent to an activating group) is 1. The molecule has 0 spiro atoms. The molecule has 2 aromatic rings. The summed E-state index contributed by atoms with van der Waals surface area (Å²) in [6.07, 6.45) is 4.71. The molecular formula is C19H19ClFN3O2. The maximum absolute atomic E-state index is 13.2. The van der Waals surface area contributed by atoms with Gasteiger partial charge in [0.05, 0.1) is 16.9 Å². The molecule has 26 heavy (non-hydrogen) atoms. The van der Waals surface area contributed by atoms with Crippen molar-refractivity contribution in [2.24, 2.45) is 11.8 Å². The lowest BCUT2D eigenvalue weighted by Crippen LogP contribution is -2.31. The highest BCUT2D eigenvalue weighted by molar-refractivity contribution is 6.31. The van der Waals surface area contributed by atoms with Gasteiger partial charge in [-0.1, -0.05) is 11.6 Å². The smallest absolute Gasteiger partial charge is 0.228 e. The van der Waals surface area contributed by atoms with Gasteiger partial charge in [-0.15, -0.1) is 0 Å². The van der Waals surface area contributed by atoms with Crippen molar-refractivity contribution in [2.45, 2.75) is 12.8 Å². The lowest BCUT2D eigenvalue weighted by atomic mass is 10.2. The highest BCUT2D eigenvalue weighted by atomic mass is 35.5. The van der Waals surface area contributed by atoms with Gasteiger partial charge >= 0.3 is 0 Å². The average molecular weight is 376 g/mol. The zero-order valence-corrected chi connectivity index (χ0v) is 15.0. The molecule has 1 aromatic heterocycles. The minimum atomic E-state index is -0.542. The third kappa shape index (κ3) is 4.38. The van der Waals surface area contributed by atoms with E-state index in [1.807, 2.05) is 12.1 Å². The second-order valence-electron chi connectivity index (χ2n) is 6.43. The van der Waals surface area contributed by atoms with Crippen LogP contribution in [0.25, 0.3) is 0 Å². The monoisotopic (exact) mass is 375 g/mol. The first-order valence-electron chi connectivity index (χ1n) is 8.35. The molecule has 0 aliphatic heterocycles. The van der Waals surface area contributed by atoms with Crippen molar-refractivity contribution in [3.8, 4) is 0 Å². The summed E-state index contributed by atoms with van der Waals surface area (Å²) in [6, 6.07) is 7.83. The molecule has 3 rings (SSSR count). The molecule has 2 unspecified atom stereocenters. The SMILES string of the molecule is CN(CCc1ccncc1)C(=O)C1CC1C(=O)Nc1ccc(F)c(Cl)c1. The van der Waals surface area contributed by atoms with Crippen molar-refractivity contribution in [1.82, 2.24) is 9.88 Å². The molecular weight excluding hydrogens is 357 g/mol. The summed E-state index contributed by atoms with van der Waals surface area (Å²) < 4.78 is 13.2. The summed E-state index contributed by atoms with van der Waals surface area (Å²) in [6.45, 7) is 0.585. The number of anilines is 1. The molecule has 7 heteroatoms. The molecule has 0 saturated heterocycles. The molecule has 1 aliphatic rings. The standard InChI is InChI=1S/C19H19ClFN3O2/c1-24(9-6-12-4-7-22-8-5-12)19(26)15-11-14(15)18(25)23-13-2-3-17(21)16(20)10-13/h2-5,7-8,10,14-15H,6,9,11H2,1H3,(H,23,25). The summed E-state index contributed by atoms with van der Waals surface area (Å²) >= 11 is 5.71. The summed E-state index contributed by atoms with van der Waals surface area (Å²) in [7, 11) is 1.75. The Balaban J connectivity index is 1.49. The van der Waals surface area contributed by atoms with E-state index in [1.165, 1.54) is 18.2 Å². The van der Waals surface area contributed by atoms with Crippen molar-refractivity contribution in [1.29, 1.82) is 0 Å². The van der Waals surface area contributed by atoms with Crippen LogP contribution in [0.15, 0.2) is 42.7 Å². The molecule has 2 atom stereocenters. The van der Waals surface area contributed by atoms with Crippen LogP contribution in [0, 0.1) is 17.7 Å². The number of carbonyl (C=O) groups is 2. The first kappa shape index (κ1) is 18.3. The van der Waals surface area contributed by atoms with Crippen LogP contribution in [-0.4, -0.2) is 35.3 Å². The maximum Gasteiger partial charge on any atom is 0.228 e. The van der Waals surface area contributed by atoms with E-state index < -0.39 is 5.82 Å². The van der Waals surface area contributed by atoms with E-state index in [-0.39, 0.29) is 28.7 Å². The highest BCUT2D eigenvalue weighted by Crippen LogP contribution is 2.40. The summed E-state index contributed by atoms with van der Waals surface area (Å²) in [5, 5.41) is 2.63. The molecule has 0 bridgehead atoms. The fourth-order valence-electron chi connectivity index (χ4n) is 2.81. The Morgan fingerprint density at radius 3 is 2.69 bits per heavy atom. The van der Waals surface area contributed by atoms with E-state index in [2.05, 4.69) is 10.3 Å². The van der Waals surface area contributed by atoms with Crippen LogP contribution < -0.4 is 5.32 Å². The quantitative estimate of drug-likeness (QED) is 0.843. The second kappa shape index (κ2) is 7.83. The number of benzene rings is 1. The Morgan fingerprint density at radius 2 is 2.00 bits per heavy atom. The van der Waals surface area contributed by atoms with E-state index in [0.29, 0.717) is 18.7 Å². The lowest BCUT2D eigenvalue weighted by molar-refractivity contribution is -0.132. The Morgan fingerprint density at radius 1 is 1.27 bits per heavy atom. The summed E-state index contributed by atoms with van der Waals surface area (Å²) in [4.78, 5) is 30.3. The lowest BCUT2D eigenvalue weighted by Gasteiger charge is -2.17. The molecule has 1 fully saturated rings. The van der Waals surface area contributed by atoms with Crippen LogP contribution in [0.5, 0.6) is 0 Å². The van der Waals surface area contributed by atoms with Crippen LogP contribution >= 0.6 is 11.6 Å². The van der Waals surface area contributed by atoms with Crippen molar-refractivity contribution in [2.75, 3.05) is 18.9 Å². The zero-order chi connectivity index (χ0) is 18.7. The van der Waals surface area contributed by atoms with Gasteiger partial charge in [0.25, 0.3) is 0 Å². The highest BCUT2D eigenvalue weighted by Gasteiger charge is 2.49. The van der Waals surface area contributed by atoms with Crippen LogP contribution in [0.1, 0.15) is 12.0 Å². The van der Waals surface area contributed by atoms with Crippen molar-refractivity contribution in [3.63, 3.8) is 0 Å². The van der Waals surface area contributed by atoms with Gasteiger partial charge in [0, 0.05) is 31.7 Å². The minimum Gasteiger partial charge on any atom is -0.345 e. The van der Waals surface area contributed by atoms with E-state index in [1.54, 1.807) is 24.3 Å². The predicted octanol–water partition coefficient (Wildman–Crippen LogP) is 3.15. The number of aromatic nitrogens is 1. The molecule has 1 N–H and O–H groups in total. The molecule has 1 heterocycles. The third-order valence-corrected chi connectivity index (χ3v) is 4.78. The largest absolute Gasteiger partial charge is 0.345 e. The molecule has 1 aliphatic carbocycles. The molecule has 136 valence electrons. The van der Waals surface area contributed by atoms with Crippen molar-refractivity contribution < 1.29 is 14.0 Å². The number of hydrogen-bond donors (Lipinski definition) is 1. The first-order chi connectivity index (χ1) is 12.5. The van der Waals surface area contributed by atoms with Gasteiger partial charge in [0.15, 0.2) is 0 Å². The first-order valence-corrected chi connectivity index (χ1v) is 8.73. The molecule has 1 aromatic carbocycles. The van der Waals surface area contributed by atoms with Gasteiger partial charge < -0.3 is 10.2 Å². The van der Waals surface area contributed by atoms with E-state index in [0.717, 1.165) is 12.0 Å². The van der Waals surface area contributed by atoms with E-state index in [4.69, 9.17) is 11.6 Å². The van der Waals surface area contributed by atoms with Crippen molar-refractivity contribution in [3.05, 3.63) is 59.1 Å². The fourth-order valence-corrected chi connectivity index (χ4v) is 2.99. The number of amides is 2. The zero-order valence-electron chi connectivity index (χ0n) is 14.3. The van der Waals surface area contributed by atoms with Crippen molar-refractivity contribution >= 4 is 29.1 Å². The minimum absolute atomic E-state index is 0.0312. The topological polar surface area (TPSA) is 62.3 Å². The van der Waals surface area contributed by atoms with Gasteiger partial charge in [-0.05, 0) is 48.7 Å². The fraction of sp³-hybridized carbons (Fsp3) is 0.316. The number of rotatable bonds is 6. The molecule has 0 radical (unpaired) electrons. The Labute approximate surface area is 156 Å².